The van der Waals surface area contributed by atoms with Gasteiger partial charge in [0.25, 0.3) is 0 Å². The van der Waals surface area contributed by atoms with Crippen LogP contribution in [0.5, 0.6) is 5.75 Å². The lowest BCUT2D eigenvalue weighted by molar-refractivity contribution is 0.472. The predicted octanol–water partition coefficient (Wildman–Crippen LogP) is 2.44. The molecule has 0 radical (unpaired) electrons. The van der Waals surface area contributed by atoms with Crippen LogP contribution in [0, 0.1) is 0 Å². The molecule has 1 aromatic heterocycles. The summed E-state index contributed by atoms with van der Waals surface area (Å²) in [5.74, 6) is 0.177. The predicted molar refractivity (Wildman–Crippen MR) is 46.2 cm³/mol. The summed E-state index contributed by atoms with van der Waals surface area (Å²) >= 11 is 6.51. The highest BCUT2D eigenvalue weighted by Crippen LogP contribution is 2.20. The van der Waals surface area contributed by atoms with Gasteiger partial charge in [0, 0.05) is 9.80 Å². The summed E-state index contributed by atoms with van der Waals surface area (Å²) in [7, 11) is 0. The Bertz CT molecular complexity index is 239. The van der Waals surface area contributed by atoms with Gasteiger partial charge in [-0.1, -0.05) is 15.9 Å². The molecule has 2 nitrogen and oxygen atoms in total. The van der Waals surface area contributed by atoms with Gasteiger partial charge in [0.05, 0.1) is 11.9 Å². The molecule has 1 rings (SSSR count). The summed E-state index contributed by atoms with van der Waals surface area (Å²) in [4.78, 5) is 3.95. The molecular formula is C6H5Br2NO. The lowest BCUT2D eigenvalue weighted by atomic mass is 10.4. The van der Waals surface area contributed by atoms with E-state index in [2.05, 4.69) is 36.8 Å². The zero-order chi connectivity index (χ0) is 7.56. The molecule has 0 unspecified atom stereocenters. The number of aromatic nitrogens is 1. The first-order chi connectivity index (χ1) is 4.74. The molecule has 0 atom stereocenters. The number of rotatable bonds is 1. The maximum absolute atomic E-state index is 8.93. The summed E-state index contributed by atoms with van der Waals surface area (Å²) in [5, 5.41) is 9.61. The van der Waals surface area contributed by atoms with Crippen molar-refractivity contribution in [3.8, 4) is 5.75 Å². The van der Waals surface area contributed by atoms with E-state index in [1.807, 2.05) is 0 Å². The van der Waals surface area contributed by atoms with Crippen LogP contribution in [0.3, 0.4) is 0 Å². The van der Waals surface area contributed by atoms with Gasteiger partial charge < -0.3 is 5.11 Å². The fraction of sp³-hybridized carbons (Fsp3) is 0.167. The number of nitrogens with zero attached hydrogens (tertiary/aromatic N) is 1. The average molecular weight is 267 g/mol. The van der Waals surface area contributed by atoms with Crippen molar-refractivity contribution in [2.45, 2.75) is 5.33 Å². The van der Waals surface area contributed by atoms with Crippen molar-refractivity contribution in [3.05, 3.63) is 22.4 Å². The molecule has 1 N–H and O–H groups in total. The van der Waals surface area contributed by atoms with Crippen molar-refractivity contribution >= 4 is 31.9 Å². The quantitative estimate of drug-likeness (QED) is 0.792. The maximum atomic E-state index is 8.93. The largest absolute Gasteiger partial charge is 0.506 e. The third-order valence-corrected chi connectivity index (χ3v) is 2.25. The molecule has 0 amide bonds. The summed E-state index contributed by atoms with van der Waals surface area (Å²) < 4.78 is 0.823. The standard InChI is InChI=1S/C6H5Br2NO/c7-2-6-5(8)1-4(10)3-9-6/h1,3,10H,2H2. The molecule has 0 aromatic carbocycles. The minimum absolute atomic E-state index is 0.177. The number of halogens is 2. The highest BCUT2D eigenvalue weighted by atomic mass is 79.9. The van der Waals surface area contributed by atoms with Crippen LogP contribution in [0.2, 0.25) is 0 Å². The van der Waals surface area contributed by atoms with Crippen molar-refractivity contribution in [2.75, 3.05) is 0 Å². The molecule has 0 fully saturated rings. The van der Waals surface area contributed by atoms with E-state index in [0.717, 1.165) is 10.2 Å². The Morgan fingerprint density at radius 2 is 2.30 bits per heavy atom. The molecule has 54 valence electrons. The lowest BCUT2D eigenvalue weighted by Gasteiger charge is -1.97. The van der Waals surface area contributed by atoms with Gasteiger partial charge in [-0.2, -0.15) is 0 Å². The monoisotopic (exact) mass is 265 g/mol. The van der Waals surface area contributed by atoms with E-state index >= 15 is 0 Å². The Hall–Kier alpha value is -0.0900. The zero-order valence-electron chi connectivity index (χ0n) is 5.01. The first-order valence-electron chi connectivity index (χ1n) is 2.63. The molecule has 0 saturated carbocycles. The molecule has 1 heterocycles. The van der Waals surface area contributed by atoms with E-state index in [-0.39, 0.29) is 5.75 Å². The van der Waals surface area contributed by atoms with E-state index < -0.39 is 0 Å². The van der Waals surface area contributed by atoms with Crippen molar-refractivity contribution in [3.63, 3.8) is 0 Å². The second kappa shape index (κ2) is 3.34. The van der Waals surface area contributed by atoms with Crippen LogP contribution in [-0.2, 0) is 5.33 Å². The Balaban J connectivity index is 3.07. The van der Waals surface area contributed by atoms with E-state index in [9.17, 15) is 0 Å². The number of alkyl halides is 1. The van der Waals surface area contributed by atoms with Gasteiger partial charge in [0.15, 0.2) is 0 Å². The average Bonchev–Trinajstić information content (AvgIpc) is 1.88. The lowest BCUT2D eigenvalue weighted by Crippen LogP contribution is -1.84. The minimum Gasteiger partial charge on any atom is -0.506 e. The zero-order valence-corrected chi connectivity index (χ0v) is 8.18. The van der Waals surface area contributed by atoms with Crippen LogP contribution < -0.4 is 0 Å². The third kappa shape index (κ3) is 1.70. The maximum Gasteiger partial charge on any atom is 0.135 e. The molecule has 0 aliphatic heterocycles. The smallest absolute Gasteiger partial charge is 0.135 e. The van der Waals surface area contributed by atoms with Gasteiger partial charge in [-0.25, -0.2) is 0 Å². The van der Waals surface area contributed by atoms with E-state index in [0.29, 0.717) is 5.33 Å². The Labute approximate surface area is 75.5 Å². The second-order valence-electron chi connectivity index (χ2n) is 1.76. The van der Waals surface area contributed by atoms with Gasteiger partial charge in [-0.15, -0.1) is 0 Å². The van der Waals surface area contributed by atoms with Gasteiger partial charge in [-0.3, -0.25) is 4.98 Å². The number of aromatic hydroxyl groups is 1. The van der Waals surface area contributed by atoms with Gasteiger partial charge in [0.2, 0.25) is 0 Å². The molecule has 4 heteroatoms. The van der Waals surface area contributed by atoms with Crippen molar-refractivity contribution < 1.29 is 5.11 Å². The summed E-state index contributed by atoms with van der Waals surface area (Å²) in [6.07, 6.45) is 1.42. The van der Waals surface area contributed by atoms with Crippen LogP contribution in [0.1, 0.15) is 5.69 Å². The third-order valence-electron chi connectivity index (χ3n) is 1.03. The van der Waals surface area contributed by atoms with Crippen LogP contribution in [0.4, 0.5) is 0 Å². The molecule has 10 heavy (non-hydrogen) atoms. The Morgan fingerprint density at radius 3 is 2.80 bits per heavy atom. The number of hydrogen-bond acceptors (Lipinski definition) is 2. The van der Waals surface area contributed by atoms with Crippen LogP contribution in [0.25, 0.3) is 0 Å². The SMILES string of the molecule is Oc1cnc(CBr)c(Br)c1. The second-order valence-corrected chi connectivity index (χ2v) is 3.17. The van der Waals surface area contributed by atoms with Crippen molar-refractivity contribution in [1.29, 1.82) is 0 Å². The van der Waals surface area contributed by atoms with Crippen molar-refractivity contribution in [2.24, 2.45) is 0 Å². The molecule has 1 aromatic rings. The summed E-state index contributed by atoms with van der Waals surface area (Å²) in [6, 6.07) is 1.61. The van der Waals surface area contributed by atoms with Crippen LogP contribution in [-0.4, -0.2) is 10.1 Å². The van der Waals surface area contributed by atoms with Gasteiger partial charge >= 0.3 is 0 Å². The van der Waals surface area contributed by atoms with E-state index in [1.54, 1.807) is 6.07 Å². The van der Waals surface area contributed by atoms with Crippen LogP contribution >= 0.6 is 31.9 Å². The first-order valence-corrected chi connectivity index (χ1v) is 4.55. The Morgan fingerprint density at radius 1 is 1.60 bits per heavy atom. The van der Waals surface area contributed by atoms with Crippen LogP contribution in [0.15, 0.2) is 16.7 Å². The van der Waals surface area contributed by atoms with E-state index in [1.165, 1.54) is 6.20 Å². The summed E-state index contributed by atoms with van der Waals surface area (Å²) in [6.45, 7) is 0. The molecule has 0 aliphatic carbocycles. The van der Waals surface area contributed by atoms with E-state index in [4.69, 9.17) is 5.11 Å². The topological polar surface area (TPSA) is 33.1 Å². The molecule has 0 spiro atoms. The van der Waals surface area contributed by atoms with Gasteiger partial charge in [-0.05, 0) is 22.0 Å². The normalized spacial score (nSPS) is 9.80. The summed E-state index contributed by atoms with van der Waals surface area (Å²) in [5.41, 5.74) is 0.887. The fourth-order valence-corrected chi connectivity index (χ4v) is 1.85. The molecular weight excluding hydrogens is 262 g/mol. The minimum atomic E-state index is 0.177. The van der Waals surface area contributed by atoms with Crippen molar-refractivity contribution in [1.82, 2.24) is 4.98 Å². The molecule has 0 aliphatic rings. The van der Waals surface area contributed by atoms with Gasteiger partial charge in [0.1, 0.15) is 5.75 Å². The fourth-order valence-electron chi connectivity index (χ4n) is 0.554. The highest BCUT2D eigenvalue weighted by Gasteiger charge is 1.99. The number of hydrogen-bond donors (Lipinski definition) is 1. The Kier molecular flexibility index (Phi) is 2.68. The molecule has 0 saturated heterocycles. The number of pyridine rings is 1. The first kappa shape index (κ1) is 8.01. The molecule has 0 bridgehead atoms. The highest BCUT2D eigenvalue weighted by molar-refractivity contribution is 9.10.